The molecular weight excluding hydrogens is 224 g/mol. The van der Waals surface area contributed by atoms with Gasteiger partial charge in [-0.2, -0.15) is 0 Å². The molecular formula is C12H12O3S. The van der Waals surface area contributed by atoms with E-state index in [9.17, 15) is 4.79 Å². The summed E-state index contributed by atoms with van der Waals surface area (Å²) in [7, 11) is 0. The average Bonchev–Trinajstić information content (AvgIpc) is 2.69. The van der Waals surface area contributed by atoms with Crippen LogP contribution in [0.15, 0.2) is 29.6 Å². The molecule has 0 unspecified atom stereocenters. The highest BCUT2D eigenvalue weighted by molar-refractivity contribution is 7.17. The number of aliphatic carboxylic acids is 1. The zero-order chi connectivity index (χ0) is 11.5. The van der Waals surface area contributed by atoms with Gasteiger partial charge in [-0.25, -0.2) is 4.79 Å². The standard InChI is InChI=1S/C12H12O3S/c1-8(12(13)14)15-6-9-7-16-11-5-3-2-4-10(9)11/h2-5,7-8H,6H2,1H3,(H,13,14)/t8-/m1/s1. The summed E-state index contributed by atoms with van der Waals surface area (Å²) in [4.78, 5) is 10.6. The first kappa shape index (κ1) is 11.1. The van der Waals surface area contributed by atoms with Gasteiger partial charge in [0.05, 0.1) is 6.61 Å². The molecule has 0 saturated carbocycles. The molecule has 0 aliphatic rings. The predicted octanol–water partition coefficient (Wildman–Crippen LogP) is 2.89. The minimum atomic E-state index is -0.931. The average molecular weight is 236 g/mol. The molecule has 2 aromatic rings. The van der Waals surface area contributed by atoms with E-state index in [0.29, 0.717) is 6.61 Å². The quantitative estimate of drug-likeness (QED) is 0.887. The van der Waals surface area contributed by atoms with Crippen molar-refractivity contribution in [2.45, 2.75) is 19.6 Å². The largest absolute Gasteiger partial charge is 0.479 e. The maximum atomic E-state index is 10.6. The topological polar surface area (TPSA) is 46.5 Å². The van der Waals surface area contributed by atoms with Crippen molar-refractivity contribution in [1.29, 1.82) is 0 Å². The van der Waals surface area contributed by atoms with Crippen LogP contribution in [0.25, 0.3) is 10.1 Å². The van der Waals surface area contributed by atoms with E-state index in [0.717, 1.165) is 10.9 Å². The van der Waals surface area contributed by atoms with E-state index in [-0.39, 0.29) is 0 Å². The van der Waals surface area contributed by atoms with Gasteiger partial charge in [0.15, 0.2) is 6.10 Å². The smallest absolute Gasteiger partial charge is 0.332 e. The second-order valence-corrected chi connectivity index (χ2v) is 4.46. The van der Waals surface area contributed by atoms with Crippen molar-refractivity contribution < 1.29 is 14.6 Å². The van der Waals surface area contributed by atoms with E-state index in [2.05, 4.69) is 0 Å². The molecule has 1 atom stereocenters. The Morgan fingerprint density at radius 1 is 1.50 bits per heavy atom. The molecule has 0 spiro atoms. The molecule has 1 heterocycles. The lowest BCUT2D eigenvalue weighted by atomic mass is 10.2. The molecule has 3 nitrogen and oxygen atoms in total. The number of thiophene rings is 1. The van der Waals surface area contributed by atoms with Gasteiger partial charge in [0.2, 0.25) is 0 Å². The van der Waals surface area contributed by atoms with Gasteiger partial charge in [-0.05, 0) is 29.3 Å². The molecule has 0 fully saturated rings. The van der Waals surface area contributed by atoms with Gasteiger partial charge < -0.3 is 9.84 Å². The first-order valence-electron chi connectivity index (χ1n) is 4.98. The van der Waals surface area contributed by atoms with Crippen molar-refractivity contribution in [2.75, 3.05) is 0 Å². The second-order valence-electron chi connectivity index (χ2n) is 3.55. The Balaban J connectivity index is 2.13. The van der Waals surface area contributed by atoms with Crippen molar-refractivity contribution in [3.05, 3.63) is 35.2 Å². The Morgan fingerprint density at radius 2 is 2.25 bits per heavy atom. The van der Waals surface area contributed by atoms with Crippen LogP contribution in [0.3, 0.4) is 0 Å². The third-order valence-electron chi connectivity index (χ3n) is 2.40. The zero-order valence-corrected chi connectivity index (χ0v) is 9.66. The summed E-state index contributed by atoms with van der Waals surface area (Å²) >= 11 is 1.65. The van der Waals surface area contributed by atoms with E-state index >= 15 is 0 Å². The minimum Gasteiger partial charge on any atom is -0.479 e. The van der Waals surface area contributed by atoms with Crippen LogP contribution in [0.4, 0.5) is 0 Å². The summed E-state index contributed by atoms with van der Waals surface area (Å²) in [6.07, 6.45) is -0.765. The van der Waals surface area contributed by atoms with Gasteiger partial charge in [0.25, 0.3) is 0 Å². The SMILES string of the molecule is C[C@@H](OCc1csc2ccccc12)C(=O)O. The molecule has 0 aliphatic carbocycles. The number of fused-ring (bicyclic) bond motifs is 1. The highest BCUT2D eigenvalue weighted by Crippen LogP contribution is 2.26. The second kappa shape index (κ2) is 4.63. The lowest BCUT2D eigenvalue weighted by Crippen LogP contribution is -2.19. The van der Waals surface area contributed by atoms with E-state index in [1.807, 2.05) is 29.6 Å². The fourth-order valence-electron chi connectivity index (χ4n) is 1.43. The van der Waals surface area contributed by atoms with Crippen molar-refractivity contribution in [3.8, 4) is 0 Å². The van der Waals surface area contributed by atoms with Crippen molar-refractivity contribution >= 4 is 27.4 Å². The number of hydrogen-bond acceptors (Lipinski definition) is 3. The number of benzene rings is 1. The molecule has 1 aromatic heterocycles. The van der Waals surface area contributed by atoms with E-state index in [1.165, 1.54) is 11.6 Å². The molecule has 1 aromatic carbocycles. The van der Waals surface area contributed by atoms with Crippen LogP contribution >= 0.6 is 11.3 Å². The molecule has 0 saturated heterocycles. The maximum Gasteiger partial charge on any atom is 0.332 e. The van der Waals surface area contributed by atoms with Gasteiger partial charge >= 0.3 is 5.97 Å². The number of carboxylic acids is 1. The summed E-state index contributed by atoms with van der Waals surface area (Å²) in [5.74, 6) is -0.931. The molecule has 0 amide bonds. The fourth-order valence-corrected chi connectivity index (χ4v) is 2.38. The predicted molar refractivity (Wildman–Crippen MR) is 63.7 cm³/mol. The van der Waals surface area contributed by atoms with Crippen LogP contribution in [0.5, 0.6) is 0 Å². The van der Waals surface area contributed by atoms with Crippen LogP contribution in [0, 0.1) is 0 Å². The summed E-state index contributed by atoms with van der Waals surface area (Å²) in [6.45, 7) is 1.88. The Morgan fingerprint density at radius 3 is 3.00 bits per heavy atom. The lowest BCUT2D eigenvalue weighted by Gasteiger charge is -2.07. The van der Waals surface area contributed by atoms with Crippen LogP contribution in [0.1, 0.15) is 12.5 Å². The molecule has 4 heteroatoms. The van der Waals surface area contributed by atoms with Gasteiger partial charge in [-0.3, -0.25) is 0 Å². The Kier molecular flexibility index (Phi) is 3.22. The molecule has 0 bridgehead atoms. The first-order chi connectivity index (χ1) is 7.68. The molecule has 0 aliphatic heterocycles. The molecule has 84 valence electrons. The Labute approximate surface area is 97.3 Å². The highest BCUT2D eigenvalue weighted by Gasteiger charge is 2.12. The highest BCUT2D eigenvalue weighted by atomic mass is 32.1. The fraction of sp³-hybridized carbons (Fsp3) is 0.250. The molecule has 16 heavy (non-hydrogen) atoms. The normalized spacial score (nSPS) is 12.8. The third-order valence-corrected chi connectivity index (χ3v) is 3.41. The summed E-state index contributed by atoms with van der Waals surface area (Å²) in [5.41, 5.74) is 1.05. The van der Waals surface area contributed by atoms with E-state index in [4.69, 9.17) is 9.84 Å². The van der Waals surface area contributed by atoms with Gasteiger partial charge in [0, 0.05) is 4.70 Å². The zero-order valence-electron chi connectivity index (χ0n) is 8.84. The lowest BCUT2D eigenvalue weighted by molar-refractivity contribution is -0.149. The van der Waals surface area contributed by atoms with Crippen LogP contribution in [-0.2, 0) is 16.1 Å². The number of carbonyl (C=O) groups is 1. The van der Waals surface area contributed by atoms with Crippen molar-refractivity contribution in [1.82, 2.24) is 0 Å². The van der Waals surface area contributed by atoms with Crippen molar-refractivity contribution in [3.63, 3.8) is 0 Å². The summed E-state index contributed by atoms with van der Waals surface area (Å²) in [5, 5.41) is 11.9. The van der Waals surface area contributed by atoms with Gasteiger partial charge in [-0.15, -0.1) is 11.3 Å². The number of ether oxygens (including phenoxy) is 1. The van der Waals surface area contributed by atoms with Crippen LogP contribution in [0.2, 0.25) is 0 Å². The maximum absolute atomic E-state index is 10.6. The van der Waals surface area contributed by atoms with E-state index in [1.54, 1.807) is 11.3 Å². The van der Waals surface area contributed by atoms with E-state index < -0.39 is 12.1 Å². The van der Waals surface area contributed by atoms with Crippen molar-refractivity contribution in [2.24, 2.45) is 0 Å². The van der Waals surface area contributed by atoms with Gasteiger partial charge in [0.1, 0.15) is 0 Å². The first-order valence-corrected chi connectivity index (χ1v) is 5.86. The molecule has 2 rings (SSSR count). The minimum absolute atomic E-state index is 0.345. The van der Waals surface area contributed by atoms with Gasteiger partial charge in [-0.1, -0.05) is 18.2 Å². The monoisotopic (exact) mass is 236 g/mol. The van der Waals surface area contributed by atoms with Crippen LogP contribution in [-0.4, -0.2) is 17.2 Å². The third kappa shape index (κ3) is 2.23. The number of carboxylic acid groups (broad SMARTS) is 1. The molecule has 1 N–H and O–H groups in total. The van der Waals surface area contributed by atoms with Crippen LogP contribution < -0.4 is 0 Å². The number of rotatable bonds is 4. The number of hydrogen-bond donors (Lipinski definition) is 1. The Bertz CT molecular complexity index is 504. The summed E-state index contributed by atoms with van der Waals surface area (Å²) < 4.78 is 6.46. The Hall–Kier alpha value is -1.39. The molecule has 0 radical (unpaired) electrons. The summed E-state index contributed by atoms with van der Waals surface area (Å²) in [6, 6.07) is 8.03.